The van der Waals surface area contributed by atoms with E-state index in [-0.39, 0.29) is 23.1 Å². The van der Waals surface area contributed by atoms with Crippen LogP contribution in [-0.4, -0.2) is 35.6 Å². The van der Waals surface area contributed by atoms with E-state index in [9.17, 15) is 9.59 Å². The summed E-state index contributed by atoms with van der Waals surface area (Å²) in [7, 11) is 1.63. The zero-order valence-electron chi connectivity index (χ0n) is 14.6. The summed E-state index contributed by atoms with van der Waals surface area (Å²) >= 11 is 0. The van der Waals surface area contributed by atoms with Crippen molar-refractivity contribution in [1.29, 1.82) is 0 Å². The van der Waals surface area contributed by atoms with Crippen molar-refractivity contribution in [2.45, 2.75) is 20.3 Å². The first kappa shape index (κ1) is 18.4. The van der Waals surface area contributed by atoms with Gasteiger partial charge in [-0.3, -0.25) is 4.79 Å². The molecule has 0 fully saturated rings. The zero-order chi connectivity index (χ0) is 18.4. The summed E-state index contributed by atoms with van der Waals surface area (Å²) in [5, 5.41) is 11.8. The Morgan fingerprint density at radius 1 is 1.20 bits per heavy atom. The van der Waals surface area contributed by atoms with E-state index in [0.29, 0.717) is 12.2 Å². The molecular weight excluding hydrogens is 320 g/mol. The second-order valence-electron chi connectivity index (χ2n) is 6.00. The van der Waals surface area contributed by atoms with Crippen LogP contribution in [0.4, 0.5) is 0 Å². The summed E-state index contributed by atoms with van der Waals surface area (Å²) in [6, 6.07) is 10.7. The highest BCUT2D eigenvalue weighted by atomic mass is 16.5. The van der Waals surface area contributed by atoms with Crippen LogP contribution in [0, 0.1) is 12.8 Å². The van der Waals surface area contributed by atoms with E-state index in [1.165, 1.54) is 17.7 Å². The lowest BCUT2D eigenvalue weighted by Crippen LogP contribution is -2.30. The van der Waals surface area contributed by atoms with Gasteiger partial charge in [0.2, 0.25) is 0 Å². The largest absolute Gasteiger partial charge is 0.497 e. The average molecular weight is 342 g/mol. The maximum Gasteiger partial charge on any atom is 0.337 e. The fourth-order valence-corrected chi connectivity index (χ4v) is 2.51. The van der Waals surface area contributed by atoms with Crippen LogP contribution in [0.1, 0.15) is 39.0 Å². The number of methoxy groups -OCH3 is 1. The van der Waals surface area contributed by atoms with E-state index in [1.807, 2.05) is 24.3 Å². The standard InChI is InChI=1S/C19H22N2O4/c1-12(10-14-4-6-15(25-3)7-5-14)11-20-18(22)17-9-8-16(19(23)24)13(2)21-17/h4-9,12H,10-11H2,1-3H3,(H,20,22)(H,23,24). The summed E-state index contributed by atoms with van der Waals surface area (Å²) in [6.07, 6.45) is 0.828. The fourth-order valence-electron chi connectivity index (χ4n) is 2.51. The molecule has 0 bridgehead atoms. The molecule has 0 aliphatic carbocycles. The molecule has 0 aliphatic rings. The molecule has 2 N–H and O–H groups in total. The van der Waals surface area contributed by atoms with E-state index in [2.05, 4.69) is 17.2 Å². The van der Waals surface area contributed by atoms with Crippen LogP contribution in [0.2, 0.25) is 0 Å². The molecule has 0 spiro atoms. The summed E-state index contributed by atoms with van der Waals surface area (Å²) in [5.74, 6) is -0.292. The first-order chi connectivity index (χ1) is 11.9. The fraction of sp³-hybridized carbons (Fsp3) is 0.316. The molecule has 25 heavy (non-hydrogen) atoms. The van der Waals surface area contributed by atoms with E-state index in [0.717, 1.165) is 12.2 Å². The van der Waals surface area contributed by atoms with Crippen molar-refractivity contribution in [1.82, 2.24) is 10.3 Å². The second-order valence-corrected chi connectivity index (χ2v) is 6.00. The Hall–Kier alpha value is -2.89. The third kappa shape index (κ3) is 5.04. The molecule has 1 atom stereocenters. The van der Waals surface area contributed by atoms with E-state index in [1.54, 1.807) is 14.0 Å². The first-order valence-corrected chi connectivity index (χ1v) is 8.02. The third-order valence-electron chi connectivity index (χ3n) is 3.90. The van der Waals surface area contributed by atoms with Crippen LogP contribution < -0.4 is 10.1 Å². The lowest BCUT2D eigenvalue weighted by Gasteiger charge is -2.13. The van der Waals surface area contributed by atoms with Gasteiger partial charge in [-0.1, -0.05) is 19.1 Å². The number of aryl methyl sites for hydroxylation is 1. The Labute approximate surface area is 146 Å². The monoisotopic (exact) mass is 342 g/mol. The highest BCUT2D eigenvalue weighted by Gasteiger charge is 2.14. The van der Waals surface area contributed by atoms with Gasteiger partial charge in [0.25, 0.3) is 5.91 Å². The number of nitrogens with zero attached hydrogens (tertiary/aromatic N) is 1. The Bertz CT molecular complexity index is 757. The number of carbonyl (C=O) groups is 2. The molecule has 0 saturated carbocycles. The van der Waals surface area contributed by atoms with Crippen molar-refractivity contribution in [2.24, 2.45) is 5.92 Å². The van der Waals surface area contributed by atoms with Gasteiger partial charge in [-0.15, -0.1) is 0 Å². The van der Waals surface area contributed by atoms with Crippen LogP contribution in [0.25, 0.3) is 0 Å². The molecule has 1 aromatic heterocycles. The van der Waals surface area contributed by atoms with Crippen molar-refractivity contribution < 1.29 is 19.4 Å². The predicted octanol–water partition coefficient (Wildman–Crippen LogP) is 2.71. The van der Waals surface area contributed by atoms with Crippen molar-refractivity contribution >= 4 is 11.9 Å². The van der Waals surface area contributed by atoms with Gasteiger partial charge >= 0.3 is 5.97 Å². The van der Waals surface area contributed by atoms with Crippen LogP contribution in [-0.2, 0) is 6.42 Å². The molecule has 1 unspecified atom stereocenters. The SMILES string of the molecule is COc1ccc(CC(C)CNC(=O)c2ccc(C(=O)O)c(C)n2)cc1. The van der Waals surface area contributed by atoms with Gasteiger partial charge in [0.05, 0.1) is 18.4 Å². The van der Waals surface area contributed by atoms with E-state index < -0.39 is 5.97 Å². The van der Waals surface area contributed by atoms with Gasteiger partial charge in [0.1, 0.15) is 11.4 Å². The number of hydrogen-bond donors (Lipinski definition) is 2. The molecule has 0 aliphatic heterocycles. The first-order valence-electron chi connectivity index (χ1n) is 8.02. The number of carboxylic acid groups (broad SMARTS) is 1. The van der Waals surface area contributed by atoms with Gasteiger partial charge in [-0.05, 0) is 49.1 Å². The van der Waals surface area contributed by atoms with Gasteiger partial charge < -0.3 is 15.2 Å². The predicted molar refractivity (Wildman–Crippen MR) is 94.1 cm³/mol. The number of aromatic nitrogens is 1. The highest BCUT2D eigenvalue weighted by molar-refractivity contribution is 5.94. The molecule has 1 heterocycles. The number of ether oxygens (including phenoxy) is 1. The summed E-state index contributed by atoms with van der Waals surface area (Å²) in [5.41, 5.74) is 1.82. The number of carbonyl (C=O) groups excluding carboxylic acids is 1. The van der Waals surface area contributed by atoms with Crippen molar-refractivity contribution in [3.63, 3.8) is 0 Å². The molecule has 0 saturated heterocycles. The molecule has 6 heteroatoms. The average Bonchev–Trinajstić information content (AvgIpc) is 2.60. The van der Waals surface area contributed by atoms with Gasteiger partial charge in [0.15, 0.2) is 0 Å². The lowest BCUT2D eigenvalue weighted by molar-refractivity contribution is 0.0694. The molecule has 2 aromatic rings. The van der Waals surface area contributed by atoms with Crippen molar-refractivity contribution in [3.05, 3.63) is 58.9 Å². The molecule has 0 radical (unpaired) electrons. The number of hydrogen-bond acceptors (Lipinski definition) is 4. The van der Waals surface area contributed by atoms with Crippen molar-refractivity contribution in [3.8, 4) is 5.75 Å². The third-order valence-corrected chi connectivity index (χ3v) is 3.90. The van der Waals surface area contributed by atoms with Gasteiger partial charge in [-0.25, -0.2) is 9.78 Å². The lowest BCUT2D eigenvalue weighted by atomic mass is 10.0. The van der Waals surface area contributed by atoms with Crippen LogP contribution in [0.5, 0.6) is 5.75 Å². The summed E-state index contributed by atoms with van der Waals surface area (Å²) in [4.78, 5) is 27.2. The van der Waals surface area contributed by atoms with Crippen molar-refractivity contribution in [2.75, 3.05) is 13.7 Å². The Morgan fingerprint density at radius 3 is 2.44 bits per heavy atom. The minimum Gasteiger partial charge on any atom is -0.497 e. The molecule has 6 nitrogen and oxygen atoms in total. The summed E-state index contributed by atoms with van der Waals surface area (Å²) in [6.45, 7) is 4.13. The van der Waals surface area contributed by atoms with Gasteiger partial charge in [-0.2, -0.15) is 0 Å². The van der Waals surface area contributed by atoms with Crippen LogP contribution in [0.3, 0.4) is 0 Å². The number of aromatic carboxylic acids is 1. The zero-order valence-corrected chi connectivity index (χ0v) is 14.6. The molecular formula is C19H22N2O4. The van der Waals surface area contributed by atoms with E-state index >= 15 is 0 Å². The molecule has 2 rings (SSSR count). The number of carboxylic acids is 1. The molecule has 132 valence electrons. The molecule has 1 aromatic carbocycles. The van der Waals surface area contributed by atoms with E-state index in [4.69, 9.17) is 9.84 Å². The number of pyridine rings is 1. The quantitative estimate of drug-likeness (QED) is 0.808. The summed E-state index contributed by atoms with van der Waals surface area (Å²) < 4.78 is 5.13. The number of rotatable bonds is 7. The highest BCUT2D eigenvalue weighted by Crippen LogP contribution is 2.14. The smallest absolute Gasteiger partial charge is 0.337 e. The Kier molecular flexibility index (Phi) is 6.11. The number of benzene rings is 1. The van der Waals surface area contributed by atoms with Crippen LogP contribution in [0.15, 0.2) is 36.4 Å². The second kappa shape index (κ2) is 8.28. The minimum absolute atomic E-state index is 0.101. The minimum atomic E-state index is -1.05. The topological polar surface area (TPSA) is 88.5 Å². The Morgan fingerprint density at radius 2 is 1.88 bits per heavy atom. The Balaban J connectivity index is 1.90. The molecule has 1 amide bonds. The maximum atomic E-state index is 12.2. The van der Waals surface area contributed by atoms with Crippen LogP contribution >= 0.6 is 0 Å². The number of nitrogens with one attached hydrogen (secondary N) is 1. The number of amides is 1. The maximum absolute atomic E-state index is 12.2. The van der Waals surface area contributed by atoms with Gasteiger partial charge in [0, 0.05) is 6.54 Å². The normalized spacial score (nSPS) is 11.6.